The van der Waals surface area contributed by atoms with Crippen LogP contribution in [-0.4, -0.2) is 41.5 Å². The topological polar surface area (TPSA) is 118 Å². The molecule has 0 saturated heterocycles. The number of carboxylic acid groups (broad SMARTS) is 1. The number of benzene rings is 1. The quantitative estimate of drug-likeness (QED) is 0.415. The summed E-state index contributed by atoms with van der Waals surface area (Å²) in [5, 5.41) is 17.8. The first-order valence-electron chi connectivity index (χ1n) is 6.94. The van der Waals surface area contributed by atoms with Gasteiger partial charge in [0.25, 0.3) is 0 Å². The summed E-state index contributed by atoms with van der Waals surface area (Å²) in [6.45, 7) is 0.512. The highest BCUT2D eigenvalue weighted by Crippen LogP contribution is 2.16. The maximum Gasteiger partial charge on any atom is 0.371 e. The predicted molar refractivity (Wildman–Crippen MR) is 83.5 cm³/mol. The first-order chi connectivity index (χ1) is 11.6. The van der Waals surface area contributed by atoms with Crippen LogP contribution < -0.4 is 0 Å². The average Bonchev–Trinajstić information content (AvgIpc) is 2.98. The number of hydrogen-bond acceptors (Lipinski definition) is 6. The van der Waals surface area contributed by atoms with E-state index in [2.05, 4.69) is 15.0 Å². The van der Waals surface area contributed by atoms with Crippen molar-refractivity contribution in [2.75, 3.05) is 0 Å². The molecule has 1 aromatic carbocycles. The van der Waals surface area contributed by atoms with Gasteiger partial charge in [-0.2, -0.15) is 0 Å². The molecule has 0 amide bonds. The van der Waals surface area contributed by atoms with Crippen molar-refractivity contribution in [2.45, 2.75) is 6.54 Å². The fourth-order valence-corrected chi connectivity index (χ4v) is 2.21. The molecular weight excluding hydrogens is 312 g/mol. The predicted octanol–water partition coefficient (Wildman–Crippen LogP) is 1.58. The number of ketones is 1. The lowest BCUT2D eigenvalue weighted by Gasteiger charge is -2.04. The van der Waals surface area contributed by atoms with E-state index in [1.807, 2.05) is 30.3 Å². The van der Waals surface area contributed by atoms with Crippen LogP contribution >= 0.6 is 0 Å². The maximum absolute atomic E-state index is 12.1. The van der Waals surface area contributed by atoms with E-state index < -0.39 is 17.5 Å². The molecule has 2 heterocycles. The summed E-state index contributed by atoms with van der Waals surface area (Å²) >= 11 is 0. The molecule has 0 aliphatic carbocycles. The zero-order chi connectivity index (χ0) is 17.1. The Labute approximate surface area is 135 Å². The van der Waals surface area contributed by atoms with E-state index in [-0.39, 0.29) is 11.2 Å². The van der Waals surface area contributed by atoms with Crippen LogP contribution in [0.4, 0.5) is 0 Å². The number of hydrogen-bond donors (Lipinski definition) is 2. The van der Waals surface area contributed by atoms with E-state index in [9.17, 15) is 14.7 Å². The fraction of sp³-hybridized carbons (Fsp3) is 0.0625. The molecule has 24 heavy (non-hydrogen) atoms. The van der Waals surface area contributed by atoms with Gasteiger partial charge in [0.15, 0.2) is 5.65 Å². The van der Waals surface area contributed by atoms with Crippen LogP contribution in [0, 0.1) is 0 Å². The highest BCUT2D eigenvalue weighted by molar-refractivity contribution is 6.11. The molecule has 0 aliphatic rings. The highest BCUT2D eigenvalue weighted by Gasteiger charge is 2.17. The smallest absolute Gasteiger partial charge is 0.371 e. The molecule has 8 nitrogen and oxygen atoms in total. The van der Waals surface area contributed by atoms with E-state index in [0.717, 1.165) is 5.56 Å². The standard InChI is InChI=1S/C16H12N4O4/c21-11(6-12(22)16(23)24)13-14-15(18-8-17-13)20(9-19-14)7-10-4-2-1-3-5-10/h1-6,8-9,22H,7H2,(H,23,24)/b12-6-. The molecule has 2 aromatic heterocycles. The molecule has 2 N–H and O–H groups in total. The Balaban J connectivity index is 1.99. The molecule has 0 unspecified atom stereocenters. The second kappa shape index (κ2) is 6.29. The van der Waals surface area contributed by atoms with Crippen molar-refractivity contribution in [2.24, 2.45) is 0 Å². The number of allylic oxidation sites excluding steroid dienone is 1. The van der Waals surface area contributed by atoms with Gasteiger partial charge < -0.3 is 14.8 Å². The molecule has 0 bridgehead atoms. The van der Waals surface area contributed by atoms with Crippen molar-refractivity contribution in [3.63, 3.8) is 0 Å². The van der Waals surface area contributed by atoms with Crippen molar-refractivity contribution in [3.8, 4) is 0 Å². The van der Waals surface area contributed by atoms with Crippen molar-refractivity contribution >= 4 is 22.9 Å². The Morgan fingerprint density at radius 2 is 1.83 bits per heavy atom. The molecule has 0 saturated carbocycles. The van der Waals surface area contributed by atoms with E-state index >= 15 is 0 Å². The minimum atomic E-state index is -1.59. The van der Waals surface area contributed by atoms with Crippen LogP contribution in [0.1, 0.15) is 16.1 Å². The summed E-state index contributed by atoms with van der Waals surface area (Å²) in [7, 11) is 0. The summed E-state index contributed by atoms with van der Waals surface area (Å²) < 4.78 is 1.75. The molecule has 3 rings (SSSR count). The van der Waals surface area contributed by atoms with Crippen molar-refractivity contribution in [3.05, 3.63) is 66.1 Å². The summed E-state index contributed by atoms with van der Waals surface area (Å²) in [5.41, 5.74) is 1.65. The van der Waals surface area contributed by atoms with Gasteiger partial charge in [-0.25, -0.2) is 19.7 Å². The second-order valence-electron chi connectivity index (χ2n) is 4.95. The van der Waals surface area contributed by atoms with Crippen LogP contribution in [0.15, 0.2) is 54.8 Å². The normalized spacial score (nSPS) is 11.6. The van der Waals surface area contributed by atoms with E-state index in [4.69, 9.17) is 5.11 Å². The molecule has 0 atom stereocenters. The molecule has 0 fully saturated rings. The average molecular weight is 324 g/mol. The van der Waals surface area contributed by atoms with Gasteiger partial charge in [-0.1, -0.05) is 30.3 Å². The van der Waals surface area contributed by atoms with E-state index in [1.54, 1.807) is 4.57 Å². The van der Waals surface area contributed by atoms with Crippen LogP contribution in [0.25, 0.3) is 11.2 Å². The van der Waals surface area contributed by atoms with Gasteiger partial charge in [-0.15, -0.1) is 0 Å². The number of aliphatic carboxylic acids is 1. The number of carbonyl (C=O) groups excluding carboxylic acids is 1. The van der Waals surface area contributed by atoms with Crippen LogP contribution in [0.3, 0.4) is 0 Å². The maximum atomic E-state index is 12.1. The monoisotopic (exact) mass is 324 g/mol. The van der Waals surface area contributed by atoms with E-state index in [1.165, 1.54) is 12.7 Å². The van der Waals surface area contributed by atoms with Crippen LogP contribution in [0.2, 0.25) is 0 Å². The second-order valence-corrected chi connectivity index (χ2v) is 4.95. The largest absolute Gasteiger partial charge is 0.502 e. The number of fused-ring (bicyclic) bond motifs is 1. The third-order valence-electron chi connectivity index (χ3n) is 3.32. The lowest BCUT2D eigenvalue weighted by atomic mass is 10.2. The minimum Gasteiger partial charge on any atom is -0.502 e. The molecule has 0 aliphatic heterocycles. The molecule has 3 aromatic rings. The molecule has 0 spiro atoms. The van der Waals surface area contributed by atoms with Crippen molar-refractivity contribution in [1.82, 2.24) is 19.5 Å². The zero-order valence-corrected chi connectivity index (χ0v) is 12.3. The van der Waals surface area contributed by atoms with Gasteiger partial charge in [0.05, 0.1) is 12.9 Å². The molecular formula is C16H12N4O4. The fourth-order valence-electron chi connectivity index (χ4n) is 2.21. The van der Waals surface area contributed by atoms with Gasteiger partial charge in [-0.05, 0) is 5.56 Å². The van der Waals surface area contributed by atoms with Gasteiger partial charge in [0, 0.05) is 6.08 Å². The number of carbonyl (C=O) groups is 2. The summed E-state index contributed by atoms with van der Waals surface area (Å²) in [6, 6.07) is 9.64. The number of rotatable bonds is 5. The number of carboxylic acids is 1. The lowest BCUT2D eigenvalue weighted by molar-refractivity contribution is -0.135. The van der Waals surface area contributed by atoms with E-state index in [0.29, 0.717) is 18.3 Å². The third kappa shape index (κ3) is 2.98. The SMILES string of the molecule is O=C(O)/C(O)=C/C(=O)c1ncnc2c1ncn2Cc1ccccc1. The third-order valence-corrected chi connectivity index (χ3v) is 3.32. The Morgan fingerprint density at radius 3 is 2.54 bits per heavy atom. The summed E-state index contributed by atoms with van der Waals surface area (Å²) in [6.07, 6.45) is 3.33. The van der Waals surface area contributed by atoms with Gasteiger partial charge in [0.1, 0.15) is 17.5 Å². The summed E-state index contributed by atoms with van der Waals surface area (Å²) in [5.74, 6) is -3.41. The lowest BCUT2D eigenvalue weighted by Crippen LogP contribution is -2.07. The van der Waals surface area contributed by atoms with Crippen molar-refractivity contribution in [1.29, 1.82) is 0 Å². The van der Waals surface area contributed by atoms with Crippen LogP contribution in [0.5, 0.6) is 0 Å². The Hall–Kier alpha value is -3.55. The number of aliphatic hydroxyl groups excluding tert-OH is 1. The van der Waals surface area contributed by atoms with Crippen molar-refractivity contribution < 1.29 is 19.8 Å². The Kier molecular flexibility index (Phi) is 4.02. The number of nitrogens with zero attached hydrogens (tertiary/aromatic N) is 4. The molecule has 8 heteroatoms. The zero-order valence-electron chi connectivity index (χ0n) is 12.3. The molecule has 0 radical (unpaired) electrons. The number of aromatic nitrogens is 4. The Bertz CT molecular complexity index is 947. The van der Waals surface area contributed by atoms with Gasteiger partial charge in [-0.3, -0.25) is 4.79 Å². The van der Waals surface area contributed by atoms with Gasteiger partial charge in [0.2, 0.25) is 11.5 Å². The summed E-state index contributed by atoms with van der Waals surface area (Å²) in [4.78, 5) is 34.8. The number of imidazole rings is 1. The molecule has 120 valence electrons. The van der Waals surface area contributed by atoms with Gasteiger partial charge >= 0.3 is 5.97 Å². The highest BCUT2D eigenvalue weighted by atomic mass is 16.4. The Morgan fingerprint density at radius 1 is 1.08 bits per heavy atom. The van der Waals surface area contributed by atoms with Crippen LogP contribution in [-0.2, 0) is 11.3 Å². The first kappa shape index (κ1) is 15.3. The first-order valence-corrected chi connectivity index (χ1v) is 6.94. The minimum absolute atomic E-state index is 0.0698. The number of aliphatic hydroxyl groups is 1.